The summed E-state index contributed by atoms with van der Waals surface area (Å²) in [5.74, 6) is -0.131. The third-order valence-corrected chi connectivity index (χ3v) is 1.42. The summed E-state index contributed by atoms with van der Waals surface area (Å²) in [6.07, 6.45) is 1.24. The molecule has 1 aliphatic rings. The van der Waals surface area contributed by atoms with Crippen molar-refractivity contribution >= 4 is 35.2 Å². The molecule has 4 nitrogen and oxygen atoms in total. The number of hydrogen-bond donors (Lipinski definition) is 0. The fraction of sp³-hybridized carbons (Fsp3) is 0.333. The number of hydrogen-bond acceptors (Lipinski definition) is 3. The molecule has 0 atom stereocenters. The van der Waals surface area contributed by atoms with Crippen LogP contribution in [0.25, 0.3) is 0 Å². The molecule has 0 unspecified atom stereocenters. The van der Waals surface area contributed by atoms with Crippen LogP contribution in [0.3, 0.4) is 0 Å². The predicted molar refractivity (Wildman–Crippen MR) is 35.3 cm³/mol. The van der Waals surface area contributed by atoms with E-state index in [1.807, 2.05) is 0 Å². The summed E-state index contributed by atoms with van der Waals surface area (Å²) in [6, 6.07) is 0. The summed E-state index contributed by atoms with van der Waals surface area (Å²) in [6.45, 7) is 0.104. The summed E-state index contributed by atoms with van der Waals surface area (Å²) in [5, 5.41) is 3.53. The van der Waals surface area contributed by atoms with E-state index in [0.717, 1.165) is 0 Å². The predicted octanol–water partition coefficient (Wildman–Crippen LogP) is 0.138. The maximum absolute atomic E-state index is 10.5. The number of halogens is 1. The van der Waals surface area contributed by atoms with E-state index in [4.69, 9.17) is 0 Å². The number of ether oxygens (including phenoxy) is 1. The Kier molecular flexibility index (Phi) is 1.66. The molecule has 44 valence electrons. The van der Waals surface area contributed by atoms with Crippen molar-refractivity contribution in [3.63, 3.8) is 0 Å². The first kappa shape index (κ1) is 5.80. The van der Waals surface area contributed by atoms with Crippen LogP contribution in [0.1, 0.15) is 0 Å². The Balaban J connectivity index is 2.60. The maximum atomic E-state index is 10.5. The molecule has 0 fully saturated rings. The molecule has 5 heteroatoms. The molecule has 1 aliphatic heterocycles. The summed E-state index contributed by atoms with van der Waals surface area (Å²) in [7, 11) is 0. The summed E-state index contributed by atoms with van der Waals surface area (Å²) < 4.78 is 5.77. The van der Waals surface area contributed by atoms with Gasteiger partial charge >= 0.3 is 0 Å². The molecule has 0 N–H and O–H groups in total. The van der Waals surface area contributed by atoms with E-state index in [0.29, 0.717) is 0 Å². The minimum absolute atomic E-state index is 0.104. The minimum atomic E-state index is -0.131. The highest BCUT2D eigenvalue weighted by molar-refractivity contribution is 14.1. The van der Waals surface area contributed by atoms with Crippen LogP contribution in [-0.2, 0) is 9.53 Å². The first-order valence-corrected chi connectivity index (χ1v) is 2.90. The van der Waals surface area contributed by atoms with Crippen LogP contribution in [0, 0.1) is 0 Å². The van der Waals surface area contributed by atoms with E-state index in [9.17, 15) is 4.79 Å². The van der Waals surface area contributed by atoms with Crippen molar-refractivity contribution in [1.29, 1.82) is 0 Å². The zero-order chi connectivity index (χ0) is 5.98. The Bertz CT molecular complexity index is 135. The fourth-order valence-electron chi connectivity index (χ4n) is 0.301. The van der Waals surface area contributed by atoms with Crippen LogP contribution >= 0.6 is 22.9 Å². The second kappa shape index (κ2) is 2.29. The highest BCUT2D eigenvalue weighted by Crippen LogP contribution is 2.02. The van der Waals surface area contributed by atoms with E-state index in [1.165, 1.54) is 9.62 Å². The van der Waals surface area contributed by atoms with Gasteiger partial charge in [0.15, 0.2) is 13.0 Å². The third kappa shape index (κ3) is 1.09. The molecule has 0 spiro atoms. The molecule has 0 radical (unpaired) electrons. The third-order valence-electron chi connectivity index (χ3n) is 0.636. The van der Waals surface area contributed by atoms with Crippen molar-refractivity contribution in [3.8, 4) is 0 Å². The summed E-state index contributed by atoms with van der Waals surface area (Å²) in [5.41, 5.74) is 0. The normalized spacial score (nSPS) is 18.6. The van der Waals surface area contributed by atoms with E-state index in [-0.39, 0.29) is 12.5 Å². The molecule has 1 heterocycles. The largest absolute Gasteiger partial charge is 0.472 e. The van der Waals surface area contributed by atoms with Gasteiger partial charge in [-0.2, -0.15) is 3.22 Å². The molecular weight excluding hydrogens is 223 g/mol. The van der Waals surface area contributed by atoms with Gasteiger partial charge in [0, 0.05) is 0 Å². The lowest BCUT2D eigenvalue weighted by Crippen LogP contribution is -2.24. The molecule has 0 aromatic rings. The highest BCUT2D eigenvalue weighted by Gasteiger charge is 2.11. The van der Waals surface area contributed by atoms with Crippen molar-refractivity contribution < 1.29 is 9.53 Å². The average Bonchev–Trinajstić information content (AvgIpc) is 1.77. The monoisotopic (exact) mass is 226 g/mol. The number of carbonyl (C=O) groups is 1. The SMILES string of the molecule is O=C1COC=NN1I. The summed E-state index contributed by atoms with van der Waals surface area (Å²) in [4.78, 5) is 10.5. The second-order valence-electron chi connectivity index (χ2n) is 1.19. The van der Waals surface area contributed by atoms with Gasteiger partial charge in [-0.3, -0.25) is 4.79 Å². The lowest BCUT2D eigenvalue weighted by molar-refractivity contribution is -0.128. The molecule has 0 aliphatic carbocycles. The van der Waals surface area contributed by atoms with Gasteiger partial charge in [-0.25, -0.2) is 0 Å². The molecule has 1 amide bonds. The average molecular weight is 226 g/mol. The highest BCUT2D eigenvalue weighted by atomic mass is 127. The Morgan fingerprint density at radius 2 is 2.75 bits per heavy atom. The molecular formula is C3H3IN2O2. The molecule has 0 aromatic heterocycles. The number of hydrazone groups is 1. The molecule has 8 heavy (non-hydrogen) atoms. The molecule has 0 bridgehead atoms. The van der Waals surface area contributed by atoms with E-state index >= 15 is 0 Å². The van der Waals surface area contributed by atoms with E-state index < -0.39 is 0 Å². The van der Waals surface area contributed by atoms with Crippen molar-refractivity contribution in [2.24, 2.45) is 5.10 Å². The lowest BCUT2D eigenvalue weighted by Gasteiger charge is -2.10. The molecule has 0 saturated heterocycles. The topological polar surface area (TPSA) is 41.9 Å². The summed E-state index contributed by atoms with van der Waals surface area (Å²) >= 11 is 1.79. The van der Waals surface area contributed by atoms with Crippen LogP contribution in [0.5, 0.6) is 0 Å². The van der Waals surface area contributed by atoms with Gasteiger partial charge in [-0.1, -0.05) is 0 Å². The van der Waals surface area contributed by atoms with Gasteiger partial charge in [0.2, 0.25) is 0 Å². The second-order valence-corrected chi connectivity index (χ2v) is 2.10. The van der Waals surface area contributed by atoms with E-state index in [1.54, 1.807) is 22.9 Å². The van der Waals surface area contributed by atoms with Gasteiger partial charge in [0.05, 0.1) is 22.9 Å². The van der Waals surface area contributed by atoms with Crippen molar-refractivity contribution in [2.75, 3.05) is 6.61 Å². The molecule has 1 rings (SSSR count). The van der Waals surface area contributed by atoms with Crippen molar-refractivity contribution in [1.82, 2.24) is 3.22 Å². The standard InChI is InChI=1S/C3H3IN2O2/c4-6-3(7)1-8-2-5-6/h2H,1H2. The van der Waals surface area contributed by atoms with Gasteiger partial charge < -0.3 is 4.74 Å². The number of rotatable bonds is 0. The Morgan fingerprint density at radius 1 is 2.00 bits per heavy atom. The van der Waals surface area contributed by atoms with Crippen molar-refractivity contribution in [2.45, 2.75) is 0 Å². The minimum Gasteiger partial charge on any atom is -0.472 e. The van der Waals surface area contributed by atoms with Gasteiger partial charge in [-0.05, 0) is 0 Å². The lowest BCUT2D eigenvalue weighted by atomic mass is 10.7. The smallest absolute Gasteiger partial charge is 0.289 e. The fourth-order valence-corrected chi connectivity index (χ4v) is 0.542. The Hall–Kier alpha value is -0.330. The zero-order valence-electron chi connectivity index (χ0n) is 3.87. The van der Waals surface area contributed by atoms with Crippen LogP contribution in [0.2, 0.25) is 0 Å². The Labute approximate surface area is 60.0 Å². The van der Waals surface area contributed by atoms with Gasteiger partial charge in [-0.15, -0.1) is 5.10 Å². The van der Waals surface area contributed by atoms with Gasteiger partial charge in [0.1, 0.15) is 0 Å². The Morgan fingerprint density at radius 3 is 3.12 bits per heavy atom. The van der Waals surface area contributed by atoms with Crippen LogP contribution in [0.4, 0.5) is 0 Å². The number of nitrogens with zero attached hydrogens (tertiary/aromatic N) is 2. The van der Waals surface area contributed by atoms with E-state index in [2.05, 4.69) is 9.84 Å². The van der Waals surface area contributed by atoms with Crippen LogP contribution in [0.15, 0.2) is 5.10 Å². The maximum Gasteiger partial charge on any atom is 0.289 e. The number of carbonyl (C=O) groups excluding carboxylic acids is 1. The first-order valence-electron chi connectivity index (χ1n) is 1.93. The van der Waals surface area contributed by atoms with Crippen LogP contribution in [-0.4, -0.2) is 22.1 Å². The number of amides is 1. The molecule has 0 aromatic carbocycles. The first-order chi connectivity index (χ1) is 3.80. The van der Waals surface area contributed by atoms with Crippen molar-refractivity contribution in [3.05, 3.63) is 0 Å². The van der Waals surface area contributed by atoms with Gasteiger partial charge in [0.25, 0.3) is 5.91 Å². The zero-order valence-corrected chi connectivity index (χ0v) is 6.03. The quantitative estimate of drug-likeness (QED) is 0.435. The van der Waals surface area contributed by atoms with Crippen LogP contribution < -0.4 is 0 Å². The molecule has 0 saturated carbocycles.